The third kappa shape index (κ3) is 5.17. The molecule has 1 aliphatic heterocycles. The van der Waals surface area contributed by atoms with Gasteiger partial charge in [0, 0.05) is 24.3 Å². The van der Waals surface area contributed by atoms with Crippen molar-refractivity contribution in [3.8, 4) is 5.75 Å². The molecule has 1 saturated heterocycles. The summed E-state index contributed by atoms with van der Waals surface area (Å²) in [4.78, 5) is 38.4. The molecule has 158 valence electrons. The van der Waals surface area contributed by atoms with Gasteiger partial charge in [-0.1, -0.05) is 12.1 Å². The highest BCUT2D eigenvalue weighted by Crippen LogP contribution is 2.27. The molecule has 0 aromatic heterocycles. The molecule has 0 saturated carbocycles. The van der Waals surface area contributed by atoms with Gasteiger partial charge in [-0.25, -0.2) is 0 Å². The number of benzene rings is 2. The molecule has 0 unspecified atom stereocenters. The first-order valence-corrected chi connectivity index (χ1v) is 9.94. The summed E-state index contributed by atoms with van der Waals surface area (Å²) in [7, 11) is 0. The molecule has 2 amide bonds. The van der Waals surface area contributed by atoms with Crippen LogP contribution in [0.2, 0.25) is 0 Å². The molecular formula is C23H26N2O5. The zero-order valence-corrected chi connectivity index (χ0v) is 17.4. The number of rotatable bonds is 7. The molecule has 7 heteroatoms. The fourth-order valence-corrected chi connectivity index (χ4v) is 3.32. The third-order valence-corrected chi connectivity index (χ3v) is 4.93. The van der Waals surface area contributed by atoms with Crippen molar-refractivity contribution in [2.45, 2.75) is 27.2 Å². The Morgan fingerprint density at radius 1 is 1.13 bits per heavy atom. The van der Waals surface area contributed by atoms with Gasteiger partial charge in [-0.3, -0.25) is 14.4 Å². The summed E-state index contributed by atoms with van der Waals surface area (Å²) >= 11 is 0. The monoisotopic (exact) mass is 410 g/mol. The van der Waals surface area contributed by atoms with Crippen molar-refractivity contribution < 1.29 is 23.9 Å². The van der Waals surface area contributed by atoms with Gasteiger partial charge in [-0.15, -0.1) is 0 Å². The number of ether oxygens (including phenoxy) is 2. The van der Waals surface area contributed by atoms with Gasteiger partial charge in [0.05, 0.1) is 12.5 Å². The molecule has 0 aliphatic carbocycles. The average Bonchev–Trinajstić information content (AvgIpc) is 3.11. The van der Waals surface area contributed by atoms with Crippen molar-refractivity contribution in [3.63, 3.8) is 0 Å². The molecule has 3 rings (SSSR count). The number of carbonyl (C=O) groups is 3. The van der Waals surface area contributed by atoms with Gasteiger partial charge in [0.1, 0.15) is 5.75 Å². The molecule has 0 spiro atoms. The maximum atomic E-state index is 12.4. The van der Waals surface area contributed by atoms with Crippen LogP contribution in [-0.4, -0.2) is 37.5 Å². The Balaban J connectivity index is 1.53. The van der Waals surface area contributed by atoms with Crippen molar-refractivity contribution in [2.24, 2.45) is 5.92 Å². The van der Waals surface area contributed by atoms with E-state index in [-0.39, 0.29) is 25.5 Å². The summed E-state index contributed by atoms with van der Waals surface area (Å²) in [6.07, 6.45) is 0.0602. The van der Waals surface area contributed by atoms with Crippen LogP contribution >= 0.6 is 0 Å². The molecule has 1 heterocycles. The Labute approximate surface area is 176 Å². The number of hydrogen-bond donors (Lipinski definition) is 1. The minimum absolute atomic E-state index is 0.0602. The highest BCUT2D eigenvalue weighted by Gasteiger charge is 2.36. The second kappa shape index (κ2) is 9.43. The Bertz CT molecular complexity index is 939. The number of hydrogen-bond acceptors (Lipinski definition) is 5. The number of aryl methyl sites for hydroxylation is 2. The number of esters is 1. The van der Waals surface area contributed by atoms with E-state index in [4.69, 9.17) is 9.47 Å². The van der Waals surface area contributed by atoms with Crippen LogP contribution in [0, 0.1) is 19.8 Å². The van der Waals surface area contributed by atoms with Gasteiger partial charge in [-0.05, 0) is 62.2 Å². The van der Waals surface area contributed by atoms with Crippen molar-refractivity contribution in [1.82, 2.24) is 0 Å². The molecule has 1 fully saturated rings. The van der Waals surface area contributed by atoms with E-state index in [1.165, 1.54) is 0 Å². The number of anilines is 2. The van der Waals surface area contributed by atoms with E-state index in [9.17, 15) is 14.4 Å². The van der Waals surface area contributed by atoms with E-state index < -0.39 is 17.8 Å². The van der Waals surface area contributed by atoms with Gasteiger partial charge in [0.15, 0.2) is 6.61 Å². The van der Waals surface area contributed by atoms with Crippen LogP contribution in [0.3, 0.4) is 0 Å². The van der Waals surface area contributed by atoms with Gasteiger partial charge in [-0.2, -0.15) is 0 Å². The Morgan fingerprint density at radius 3 is 2.57 bits per heavy atom. The minimum atomic E-state index is -0.599. The summed E-state index contributed by atoms with van der Waals surface area (Å²) in [5.41, 5.74) is 3.33. The van der Waals surface area contributed by atoms with Gasteiger partial charge >= 0.3 is 5.97 Å². The molecule has 1 N–H and O–H groups in total. The van der Waals surface area contributed by atoms with Gasteiger partial charge in [0.25, 0.3) is 5.91 Å². The lowest BCUT2D eigenvalue weighted by molar-refractivity contribution is -0.151. The zero-order chi connectivity index (χ0) is 21.7. The second-order valence-corrected chi connectivity index (χ2v) is 7.31. The summed E-state index contributed by atoms with van der Waals surface area (Å²) in [5.74, 6) is -0.991. The SMILES string of the molecule is CCOc1ccc(N2C[C@H](C(=O)OCC(=O)Nc3cc(C)ccc3C)CC2=O)cc1. The van der Waals surface area contributed by atoms with Crippen LogP contribution in [0.1, 0.15) is 24.5 Å². The molecule has 0 radical (unpaired) electrons. The van der Waals surface area contributed by atoms with E-state index in [0.29, 0.717) is 18.0 Å². The third-order valence-electron chi connectivity index (χ3n) is 4.93. The van der Waals surface area contributed by atoms with Crippen LogP contribution in [0.15, 0.2) is 42.5 Å². The normalized spacial score (nSPS) is 15.8. The van der Waals surface area contributed by atoms with Crippen LogP contribution in [-0.2, 0) is 19.1 Å². The Morgan fingerprint density at radius 2 is 1.87 bits per heavy atom. The summed E-state index contributed by atoms with van der Waals surface area (Å²) in [6, 6.07) is 12.9. The molecule has 1 atom stereocenters. The highest BCUT2D eigenvalue weighted by molar-refractivity contribution is 6.00. The number of amides is 2. The lowest BCUT2D eigenvalue weighted by atomic mass is 10.1. The molecule has 30 heavy (non-hydrogen) atoms. The number of nitrogens with zero attached hydrogens (tertiary/aromatic N) is 1. The van der Waals surface area contributed by atoms with E-state index in [0.717, 1.165) is 16.9 Å². The largest absolute Gasteiger partial charge is 0.494 e. The number of nitrogens with one attached hydrogen (secondary N) is 1. The van der Waals surface area contributed by atoms with Crippen molar-refractivity contribution in [1.29, 1.82) is 0 Å². The first-order valence-electron chi connectivity index (χ1n) is 9.94. The molecule has 2 aromatic carbocycles. The lowest BCUT2D eigenvalue weighted by Gasteiger charge is -2.17. The average molecular weight is 410 g/mol. The maximum Gasteiger partial charge on any atom is 0.311 e. The lowest BCUT2D eigenvalue weighted by Crippen LogP contribution is -2.28. The first kappa shape index (κ1) is 21.4. The summed E-state index contributed by atoms with van der Waals surface area (Å²) in [6.45, 7) is 6.12. The Hall–Kier alpha value is -3.35. The van der Waals surface area contributed by atoms with E-state index in [1.54, 1.807) is 29.2 Å². The van der Waals surface area contributed by atoms with Crippen molar-refractivity contribution >= 4 is 29.2 Å². The predicted octanol–water partition coefficient (Wildman–Crippen LogP) is 3.24. The smallest absolute Gasteiger partial charge is 0.311 e. The zero-order valence-electron chi connectivity index (χ0n) is 17.4. The van der Waals surface area contributed by atoms with Gasteiger partial charge in [0.2, 0.25) is 5.91 Å². The predicted molar refractivity (Wildman–Crippen MR) is 114 cm³/mol. The topological polar surface area (TPSA) is 84.9 Å². The fourth-order valence-electron chi connectivity index (χ4n) is 3.32. The van der Waals surface area contributed by atoms with E-state index >= 15 is 0 Å². The van der Waals surface area contributed by atoms with Crippen LogP contribution in [0.5, 0.6) is 5.75 Å². The van der Waals surface area contributed by atoms with Crippen molar-refractivity contribution in [3.05, 3.63) is 53.6 Å². The van der Waals surface area contributed by atoms with Crippen LogP contribution in [0.4, 0.5) is 11.4 Å². The fraction of sp³-hybridized carbons (Fsp3) is 0.348. The molecule has 2 aromatic rings. The summed E-state index contributed by atoms with van der Waals surface area (Å²) < 4.78 is 10.6. The molecule has 1 aliphatic rings. The van der Waals surface area contributed by atoms with E-state index in [1.807, 2.05) is 39.0 Å². The van der Waals surface area contributed by atoms with Gasteiger partial charge < -0.3 is 19.7 Å². The highest BCUT2D eigenvalue weighted by atomic mass is 16.5. The minimum Gasteiger partial charge on any atom is -0.494 e. The van der Waals surface area contributed by atoms with Crippen molar-refractivity contribution in [2.75, 3.05) is 30.0 Å². The second-order valence-electron chi connectivity index (χ2n) is 7.31. The molecule has 7 nitrogen and oxygen atoms in total. The Kier molecular flexibility index (Phi) is 6.72. The first-order chi connectivity index (χ1) is 14.4. The van der Waals surface area contributed by atoms with E-state index in [2.05, 4.69) is 5.32 Å². The summed E-state index contributed by atoms with van der Waals surface area (Å²) in [5, 5.41) is 2.75. The molecular weight excluding hydrogens is 384 g/mol. The number of carbonyl (C=O) groups excluding carboxylic acids is 3. The maximum absolute atomic E-state index is 12.4. The van der Waals surface area contributed by atoms with Crippen LogP contribution < -0.4 is 15.0 Å². The molecule has 0 bridgehead atoms. The standard InChI is InChI=1S/C23H26N2O5/c1-4-29-19-9-7-18(8-10-19)25-13-17(12-22(25)27)23(28)30-14-21(26)24-20-11-15(2)5-6-16(20)3/h5-11,17H,4,12-14H2,1-3H3,(H,24,26)/t17-/m1/s1. The van der Waals surface area contributed by atoms with Crippen LogP contribution in [0.25, 0.3) is 0 Å². The quantitative estimate of drug-likeness (QED) is 0.709.